The van der Waals surface area contributed by atoms with Crippen LogP contribution in [0, 0.1) is 10.1 Å². The molecule has 1 aromatic rings. The lowest BCUT2D eigenvalue weighted by Crippen LogP contribution is -2.30. The van der Waals surface area contributed by atoms with Crippen LogP contribution < -0.4 is 4.90 Å². The zero-order valence-electron chi connectivity index (χ0n) is 9.26. The molecule has 2 heterocycles. The van der Waals surface area contributed by atoms with Gasteiger partial charge in [0.25, 0.3) is 0 Å². The summed E-state index contributed by atoms with van der Waals surface area (Å²) in [4.78, 5) is 16.1. The Kier molecular flexibility index (Phi) is 2.92. The van der Waals surface area contributed by atoms with Crippen LogP contribution in [0.25, 0.3) is 0 Å². The van der Waals surface area contributed by atoms with E-state index in [0.717, 1.165) is 0 Å². The molecule has 1 aromatic heterocycles. The molecule has 0 saturated carbocycles. The Hall–Kier alpha value is -1.40. The van der Waals surface area contributed by atoms with E-state index in [9.17, 15) is 15.2 Å². The Morgan fingerprint density at radius 2 is 2.35 bits per heavy atom. The predicted octanol–water partition coefficient (Wildman–Crippen LogP) is 1.60. The van der Waals surface area contributed by atoms with Crippen LogP contribution in [0.15, 0.2) is 12.1 Å². The second-order valence-electron chi connectivity index (χ2n) is 4.40. The Labute approximate surface area is 103 Å². The Balaban J connectivity index is 2.38. The van der Waals surface area contributed by atoms with Gasteiger partial charge in [-0.2, -0.15) is 0 Å². The van der Waals surface area contributed by atoms with Gasteiger partial charge >= 0.3 is 5.69 Å². The molecule has 1 unspecified atom stereocenters. The minimum atomic E-state index is -0.835. The van der Waals surface area contributed by atoms with Gasteiger partial charge in [0.1, 0.15) is 5.15 Å². The maximum absolute atomic E-state index is 10.9. The lowest BCUT2D eigenvalue weighted by atomic mass is 10.1. The standard InChI is InChI=1S/C10H12ClN3O3/c1-10(15)4-5-13(6-10)9-7(14(16)17)2-3-8(11)12-9/h2-3,15H,4-6H2,1H3. The van der Waals surface area contributed by atoms with Crippen LogP contribution in [-0.4, -0.2) is 33.7 Å². The summed E-state index contributed by atoms with van der Waals surface area (Å²) in [6.07, 6.45) is 0.554. The molecule has 2 rings (SSSR count). The first kappa shape index (κ1) is 12.1. The van der Waals surface area contributed by atoms with Crippen molar-refractivity contribution in [1.29, 1.82) is 0 Å². The van der Waals surface area contributed by atoms with Gasteiger partial charge in [-0.05, 0) is 19.4 Å². The third-order valence-corrected chi connectivity index (χ3v) is 2.98. The number of hydrogen-bond donors (Lipinski definition) is 1. The van der Waals surface area contributed by atoms with Crippen LogP contribution in [0.5, 0.6) is 0 Å². The fourth-order valence-corrected chi connectivity index (χ4v) is 2.06. The highest BCUT2D eigenvalue weighted by atomic mass is 35.5. The second kappa shape index (κ2) is 4.12. The number of hydrogen-bond acceptors (Lipinski definition) is 5. The molecule has 17 heavy (non-hydrogen) atoms. The van der Waals surface area contributed by atoms with Crippen LogP contribution in [-0.2, 0) is 0 Å². The SMILES string of the molecule is CC1(O)CCN(c2nc(Cl)ccc2[N+](=O)[O-])C1. The monoisotopic (exact) mass is 257 g/mol. The molecule has 0 aromatic carbocycles. The van der Waals surface area contributed by atoms with Gasteiger partial charge in [0.2, 0.25) is 5.82 Å². The Morgan fingerprint density at radius 3 is 2.88 bits per heavy atom. The van der Waals surface area contributed by atoms with Gasteiger partial charge in [0.05, 0.1) is 10.5 Å². The maximum atomic E-state index is 10.9. The smallest absolute Gasteiger partial charge is 0.311 e. The molecule has 0 aliphatic carbocycles. The van der Waals surface area contributed by atoms with E-state index < -0.39 is 10.5 Å². The number of pyridine rings is 1. The van der Waals surface area contributed by atoms with E-state index in [1.807, 2.05) is 0 Å². The summed E-state index contributed by atoms with van der Waals surface area (Å²) in [5, 5.41) is 20.9. The van der Waals surface area contributed by atoms with Gasteiger partial charge < -0.3 is 10.0 Å². The highest BCUT2D eigenvalue weighted by Crippen LogP contribution is 2.32. The molecule has 0 spiro atoms. The summed E-state index contributed by atoms with van der Waals surface area (Å²) < 4.78 is 0. The molecule has 0 radical (unpaired) electrons. The number of halogens is 1. The summed E-state index contributed by atoms with van der Waals surface area (Å²) in [5.41, 5.74) is -0.926. The number of β-amino-alcohol motifs (C(OH)–C–C–N with tert-alkyl or cyclic N) is 1. The van der Waals surface area contributed by atoms with Crippen LogP contribution >= 0.6 is 11.6 Å². The molecule has 6 nitrogen and oxygen atoms in total. The highest BCUT2D eigenvalue weighted by Gasteiger charge is 2.35. The molecule has 0 amide bonds. The van der Waals surface area contributed by atoms with E-state index in [1.165, 1.54) is 12.1 Å². The summed E-state index contributed by atoms with van der Waals surface area (Å²) in [6.45, 7) is 2.55. The third kappa shape index (κ3) is 2.48. The fraction of sp³-hybridized carbons (Fsp3) is 0.500. The van der Waals surface area contributed by atoms with Crippen molar-refractivity contribution >= 4 is 23.1 Å². The summed E-state index contributed by atoms with van der Waals surface area (Å²) in [6, 6.07) is 2.72. The molecule has 1 N–H and O–H groups in total. The molecule has 1 aliphatic rings. The highest BCUT2D eigenvalue weighted by molar-refractivity contribution is 6.29. The van der Waals surface area contributed by atoms with Crippen molar-refractivity contribution in [2.45, 2.75) is 18.9 Å². The van der Waals surface area contributed by atoms with Crippen molar-refractivity contribution < 1.29 is 10.0 Å². The molecule has 1 saturated heterocycles. The molecule has 1 atom stereocenters. The molecule has 92 valence electrons. The van der Waals surface area contributed by atoms with Gasteiger partial charge in [0, 0.05) is 19.2 Å². The minimum Gasteiger partial charge on any atom is -0.388 e. The van der Waals surface area contributed by atoms with Gasteiger partial charge in [-0.25, -0.2) is 4.98 Å². The Bertz CT molecular complexity index is 464. The molecule has 1 fully saturated rings. The van der Waals surface area contributed by atoms with E-state index >= 15 is 0 Å². The first-order chi connectivity index (χ1) is 7.89. The van der Waals surface area contributed by atoms with E-state index in [1.54, 1.807) is 11.8 Å². The molecular formula is C10H12ClN3O3. The number of anilines is 1. The number of rotatable bonds is 2. The Morgan fingerprint density at radius 1 is 1.65 bits per heavy atom. The molecule has 0 bridgehead atoms. The molecule has 7 heteroatoms. The van der Waals surface area contributed by atoms with Crippen molar-refractivity contribution in [2.75, 3.05) is 18.0 Å². The largest absolute Gasteiger partial charge is 0.388 e. The van der Waals surface area contributed by atoms with Crippen molar-refractivity contribution in [3.63, 3.8) is 0 Å². The number of nitrogens with zero attached hydrogens (tertiary/aromatic N) is 3. The van der Waals surface area contributed by atoms with Crippen molar-refractivity contribution in [2.24, 2.45) is 0 Å². The number of aromatic nitrogens is 1. The summed E-state index contributed by atoms with van der Waals surface area (Å²) >= 11 is 5.75. The van der Waals surface area contributed by atoms with Crippen molar-refractivity contribution in [3.05, 3.63) is 27.4 Å². The van der Waals surface area contributed by atoms with Gasteiger partial charge in [-0.1, -0.05) is 11.6 Å². The van der Waals surface area contributed by atoms with Crippen LogP contribution in [0.1, 0.15) is 13.3 Å². The van der Waals surface area contributed by atoms with E-state index in [2.05, 4.69) is 4.98 Å². The van der Waals surface area contributed by atoms with Gasteiger partial charge in [-0.3, -0.25) is 10.1 Å². The van der Waals surface area contributed by atoms with Crippen molar-refractivity contribution in [3.8, 4) is 0 Å². The van der Waals surface area contributed by atoms with Crippen LogP contribution in [0.3, 0.4) is 0 Å². The number of nitro groups is 1. The fourth-order valence-electron chi connectivity index (χ4n) is 1.92. The van der Waals surface area contributed by atoms with Crippen LogP contribution in [0.4, 0.5) is 11.5 Å². The third-order valence-electron chi connectivity index (χ3n) is 2.77. The van der Waals surface area contributed by atoms with E-state index in [-0.39, 0.29) is 16.7 Å². The normalized spacial score (nSPS) is 24.1. The predicted molar refractivity (Wildman–Crippen MR) is 63.4 cm³/mol. The number of aliphatic hydroxyl groups is 1. The van der Waals surface area contributed by atoms with Crippen molar-refractivity contribution in [1.82, 2.24) is 4.98 Å². The second-order valence-corrected chi connectivity index (χ2v) is 4.79. The topological polar surface area (TPSA) is 79.5 Å². The maximum Gasteiger partial charge on any atom is 0.311 e. The van der Waals surface area contributed by atoms with E-state index in [0.29, 0.717) is 19.5 Å². The van der Waals surface area contributed by atoms with Gasteiger partial charge in [0.15, 0.2) is 0 Å². The quantitative estimate of drug-likeness (QED) is 0.495. The summed E-state index contributed by atoms with van der Waals surface area (Å²) in [5.74, 6) is 0.222. The lowest BCUT2D eigenvalue weighted by molar-refractivity contribution is -0.384. The molecular weight excluding hydrogens is 246 g/mol. The van der Waals surface area contributed by atoms with Crippen LogP contribution in [0.2, 0.25) is 5.15 Å². The zero-order valence-corrected chi connectivity index (χ0v) is 10.0. The average Bonchev–Trinajstić information content (AvgIpc) is 2.58. The minimum absolute atomic E-state index is 0.0906. The van der Waals surface area contributed by atoms with Gasteiger partial charge in [-0.15, -0.1) is 0 Å². The van der Waals surface area contributed by atoms with E-state index in [4.69, 9.17) is 11.6 Å². The first-order valence-electron chi connectivity index (χ1n) is 5.17. The summed E-state index contributed by atoms with van der Waals surface area (Å²) in [7, 11) is 0. The zero-order chi connectivity index (χ0) is 12.6. The average molecular weight is 258 g/mol. The first-order valence-corrected chi connectivity index (χ1v) is 5.55. The lowest BCUT2D eigenvalue weighted by Gasteiger charge is -2.19. The molecule has 1 aliphatic heterocycles.